The number of amides is 1. The minimum Gasteiger partial charge on any atom is -0.465 e. The summed E-state index contributed by atoms with van der Waals surface area (Å²) in [6.07, 6.45) is -0.453. The highest BCUT2D eigenvalue weighted by atomic mass is 16.4. The maximum absolute atomic E-state index is 11.9. The van der Waals surface area contributed by atoms with Crippen LogP contribution in [0.25, 0.3) is 0 Å². The Bertz CT molecular complexity index is 370. The molecule has 2 atom stereocenters. The van der Waals surface area contributed by atoms with E-state index >= 15 is 0 Å². The van der Waals surface area contributed by atoms with E-state index in [1.54, 1.807) is 20.8 Å². The van der Waals surface area contributed by atoms with Gasteiger partial charge in [0.05, 0.1) is 6.07 Å². The lowest BCUT2D eigenvalue weighted by atomic mass is 9.64. The van der Waals surface area contributed by atoms with Gasteiger partial charge in [-0.1, -0.05) is 13.8 Å². The predicted molar refractivity (Wildman–Crippen MR) is 56.7 cm³/mol. The van der Waals surface area contributed by atoms with Crippen molar-refractivity contribution in [1.29, 1.82) is 5.26 Å². The summed E-state index contributed by atoms with van der Waals surface area (Å²) < 4.78 is 0. The summed E-state index contributed by atoms with van der Waals surface area (Å²) in [5.41, 5.74) is -1.36. The minimum atomic E-state index is -1.12. The number of carboxylic acid groups (broad SMARTS) is 1. The molecular weight excluding hydrogens is 208 g/mol. The summed E-state index contributed by atoms with van der Waals surface area (Å²) >= 11 is 0. The van der Waals surface area contributed by atoms with Crippen LogP contribution in [0.3, 0.4) is 0 Å². The molecule has 1 saturated carbocycles. The lowest BCUT2D eigenvalue weighted by molar-refractivity contribution is -0.134. The standard InChI is InChI=1S/C11H16N2O3/c1-10(2)6-11(3,13-9(15)16)4-7(5-12)8(10)14/h7,13H,4,6H2,1-3H3,(H,15,16). The first kappa shape index (κ1) is 12.5. The predicted octanol–water partition coefficient (Wildman–Crippen LogP) is 1.54. The zero-order valence-electron chi connectivity index (χ0n) is 9.70. The van der Waals surface area contributed by atoms with Gasteiger partial charge in [0.2, 0.25) is 0 Å². The van der Waals surface area contributed by atoms with E-state index in [2.05, 4.69) is 5.32 Å². The van der Waals surface area contributed by atoms with Crippen LogP contribution >= 0.6 is 0 Å². The molecule has 1 aliphatic rings. The van der Waals surface area contributed by atoms with Gasteiger partial charge in [-0.05, 0) is 19.8 Å². The van der Waals surface area contributed by atoms with Crippen LogP contribution in [0, 0.1) is 22.7 Å². The van der Waals surface area contributed by atoms with Gasteiger partial charge < -0.3 is 10.4 Å². The number of nitrogens with one attached hydrogen (secondary N) is 1. The quantitative estimate of drug-likeness (QED) is 0.706. The maximum atomic E-state index is 11.9. The molecule has 0 aromatic rings. The molecule has 5 nitrogen and oxygen atoms in total. The first-order valence-electron chi connectivity index (χ1n) is 5.15. The lowest BCUT2D eigenvalue weighted by Gasteiger charge is -2.43. The van der Waals surface area contributed by atoms with Crippen LogP contribution < -0.4 is 5.32 Å². The molecule has 0 radical (unpaired) electrons. The Hall–Kier alpha value is -1.57. The van der Waals surface area contributed by atoms with Crippen LogP contribution in [0.1, 0.15) is 33.6 Å². The smallest absolute Gasteiger partial charge is 0.405 e. The van der Waals surface area contributed by atoms with Crippen LogP contribution in [-0.2, 0) is 4.79 Å². The van der Waals surface area contributed by atoms with Gasteiger partial charge in [0.25, 0.3) is 0 Å². The van der Waals surface area contributed by atoms with Crippen LogP contribution in [0.15, 0.2) is 0 Å². The minimum absolute atomic E-state index is 0.0975. The van der Waals surface area contributed by atoms with E-state index in [4.69, 9.17) is 10.4 Å². The average molecular weight is 224 g/mol. The molecule has 0 aliphatic heterocycles. The summed E-state index contributed by atoms with van der Waals surface area (Å²) in [4.78, 5) is 22.5. The number of hydrogen-bond donors (Lipinski definition) is 2. The van der Waals surface area contributed by atoms with E-state index in [-0.39, 0.29) is 12.2 Å². The van der Waals surface area contributed by atoms with E-state index < -0.39 is 23.0 Å². The third kappa shape index (κ3) is 2.32. The Labute approximate surface area is 94.4 Å². The summed E-state index contributed by atoms with van der Waals surface area (Å²) in [6, 6.07) is 1.96. The highest BCUT2D eigenvalue weighted by Gasteiger charge is 2.48. The van der Waals surface area contributed by atoms with Crippen molar-refractivity contribution in [3.05, 3.63) is 0 Å². The number of rotatable bonds is 1. The highest BCUT2D eigenvalue weighted by Crippen LogP contribution is 2.41. The molecule has 16 heavy (non-hydrogen) atoms. The molecule has 1 aliphatic carbocycles. The van der Waals surface area contributed by atoms with Gasteiger partial charge in [-0.2, -0.15) is 5.26 Å². The van der Waals surface area contributed by atoms with E-state index in [1.165, 1.54) is 0 Å². The van der Waals surface area contributed by atoms with Crippen LogP contribution in [-0.4, -0.2) is 22.5 Å². The molecule has 2 N–H and O–H groups in total. The van der Waals surface area contributed by atoms with Crippen molar-refractivity contribution in [2.45, 2.75) is 39.2 Å². The SMILES string of the molecule is CC1(NC(=O)O)CC(C#N)C(=O)C(C)(C)C1. The van der Waals surface area contributed by atoms with Crippen molar-refractivity contribution in [3.8, 4) is 6.07 Å². The molecule has 0 bridgehead atoms. The molecule has 1 fully saturated rings. The van der Waals surface area contributed by atoms with Gasteiger partial charge in [0, 0.05) is 11.0 Å². The van der Waals surface area contributed by atoms with Gasteiger partial charge >= 0.3 is 6.09 Å². The second-order valence-electron chi connectivity index (χ2n) is 5.30. The number of Topliss-reactive ketones (excluding diaryl/α,β-unsaturated/α-hetero) is 1. The van der Waals surface area contributed by atoms with Gasteiger partial charge in [-0.15, -0.1) is 0 Å². The first-order chi connectivity index (χ1) is 7.20. The molecular formula is C11H16N2O3. The van der Waals surface area contributed by atoms with Crippen molar-refractivity contribution in [1.82, 2.24) is 5.32 Å². The summed E-state index contributed by atoms with van der Waals surface area (Å²) in [6.45, 7) is 5.24. The number of nitrogens with zero attached hydrogens (tertiary/aromatic N) is 1. The second-order valence-corrected chi connectivity index (χ2v) is 5.30. The molecule has 5 heteroatoms. The second kappa shape index (κ2) is 3.78. The zero-order valence-corrected chi connectivity index (χ0v) is 9.70. The summed E-state index contributed by atoms with van der Waals surface area (Å²) in [5.74, 6) is -0.819. The van der Waals surface area contributed by atoms with Crippen LogP contribution in [0.5, 0.6) is 0 Å². The number of carbonyl (C=O) groups is 2. The maximum Gasteiger partial charge on any atom is 0.405 e. The first-order valence-corrected chi connectivity index (χ1v) is 5.15. The highest BCUT2D eigenvalue weighted by molar-refractivity contribution is 5.89. The van der Waals surface area contributed by atoms with E-state index in [1.807, 2.05) is 6.07 Å². The van der Waals surface area contributed by atoms with Gasteiger partial charge in [0.1, 0.15) is 5.92 Å². The third-order valence-corrected chi connectivity index (χ3v) is 3.03. The van der Waals surface area contributed by atoms with Crippen molar-refractivity contribution in [3.63, 3.8) is 0 Å². The molecule has 0 heterocycles. The van der Waals surface area contributed by atoms with Gasteiger partial charge in [0.15, 0.2) is 5.78 Å². The van der Waals surface area contributed by atoms with Crippen molar-refractivity contribution in [2.75, 3.05) is 0 Å². The third-order valence-electron chi connectivity index (χ3n) is 3.03. The summed E-state index contributed by atoms with van der Waals surface area (Å²) in [5, 5.41) is 20.1. The molecule has 2 unspecified atom stereocenters. The average Bonchev–Trinajstić information content (AvgIpc) is 2.09. The summed E-state index contributed by atoms with van der Waals surface area (Å²) in [7, 11) is 0. The molecule has 0 spiro atoms. The van der Waals surface area contributed by atoms with Crippen molar-refractivity contribution >= 4 is 11.9 Å². The Morgan fingerprint density at radius 2 is 2.12 bits per heavy atom. The van der Waals surface area contributed by atoms with Crippen LogP contribution in [0.2, 0.25) is 0 Å². The van der Waals surface area contributed by atoms with Gasteiger partial charge in [-0.3, -0.25) is 4.79 Å². The monoisotopic (exact) mass is 224 g/mol. The van der Waals surface area contributed by atoms with E-state index in [9.17, 15) is 9.59 Å². The Balaban J connectivity index is 2.98. The number of hydrogen-bond acceptors (Lipinski definition) is 3. The van der Waals surface area contributed by atoms with Crippen molar-refractivity contribution < 1.29 is 14.7 Å². The molecule has 0 aromatic heterocycles. The van der Waals surface area contributed by atoms with Gasteiger partial charge in [-0.25, -0.2) is 4.79 Å². The Morgan fingerprint density at radius 3 is 2.56 bits per heavy atom. The number of nitriles is 1. The number of carbonyl (C=O) groups excluding carboxylic acids is 1. The molecule has 1 rings (SSSR count). The molecule has 0 saturated heterocycles. The lowest BCUT2D eigenvalue weighted by Crippen LogP contribution is -2.55. The molecule has 1 amide bonds. The largest absolute Gasteiger partial charge is 0.465 e. The topological polar surface area (TPSA) is 90.2 Å². The Morgan fingerprint density at radius 1 is 1.56 bits per heavy atom. The van der Waals surface area contributed by atoms with E-state index in [0.717, 1.165) is 0 Å². The van der Waals surface area contributed by atoms with E-state index in [0.29, 0.717) is 6.42 Å². The zero-order chi connectivity index (χ0) is 12.6. The fourth-order valence-corrected chi connectivity index (χ4v) is 2.61. The Kier molecular flexibility index (Phi) is 2.95. The van der Waals surface area contributed by atoms with Crippen molar-refractivity contribution in [2.24, 2.45) is 11.3 Å². The van der Waals surface area contributed by atoms with Crippen LogP contribution in [0.4, 0.5) is 4.79 Å². The number of ketones is 1. The molecule has 88 valence electrons. The normalized spacial score (nSPS) is 32.9. The molecule has 0 aromatic carbocycles. The fourth-order valence-electron chi connectivity index (χ4n) is 2.61. The fraction of sp³-hybridized carbons (Fsp3) is 0.727.